The average Bonchev–Trinajstić information content (AvgIpc) is 2.17. The minimum Gasteiger partial charge on any atom is -0.475 e. The second-order valence-electron chi connectivity index (χ2n) is 2.43. The first-order chi connectivity index (χ1) is 7.27. The van der Waals surface area contributed by atoms with Gasteiger partial charge in [-0.3, -0.25) is 0 Å². The molecule has 0 fully saturated rings. The van der Waals surface area contributed by atoms with Crippen molar-refractivity contribution in [3.05, 3.63) is 33.4 Å². The third-order valence-corrected chi connectivity index (χ3v) is 1.87. The van der Waals surface area contributed by atoms with Crippen LogP contribution in [-0.4, -0.2) is 17.3 Å². The fraction of sp³-hybridized carbons (Fsp3) is 0.111. The van der Waals surface area contributed by atoms with E-state index in [9.17, 15) is 13.2 Å². The fourth-order valence-electron chi connectivity index (χ4n) is 0.558. The lowest BCUT2D eigenvalue weighted by Gasteiger charge is -1.93. The summed E-state index contributed by atoms with van der Waals surface area (Å²) in [7, 11) is 0. The van der Waals surface area contributed by atoms with E-state index in [1.807, 2.05) is 18.2 Å². The van der Waals surface area contributed by atoms with Crippen LogP contribution < -0.4 is 0 Å². The Bertz CT molecular complexity index is 412. The maximum Gasteiger partial charge on any atom is 0.490 e. The molecule has 3 nitrogen and oxygen atoms in total. The monoisotopic (exact) mass is 343 g/mol. The molecule has 16 heavy (non-hydrogen) atoms. The van der Waals surface area contributed by atoms with Gasteiger partial charge in [-0.1, -0.05) is 6.07 Å². The first kappa shape index (κ1) is 14.7. The van der Waals surface area contributed by atoms with Crippen molar-refractivity contribution < 1.29 is 23.1 Å². The van der Waals surface area contributed by atoms with Crippen LogP contribution in [0, 0.1) is 14.9 Å². The standard InChI is InChI=1S/C7H4IN.C2HF3O2/c8-7-3-1-2-6(4-7)5-9;3-2(4,5)1(6)7/h1-4H;(H,6,7). The summed E-state index contributed by atoms with van der Waals surface area (Å²) in [5, 5.41) is 15.5. The molecule has 0 unspecified atom stereocenters. The average molecular weight is 343 g/mol. The van der Waals surface area contributed by atoms with Crippen LogP contribution in [0.1, 0.15) is 5.56 Å². The highest BCUT2D eigenvalue weighted by Crippen LogP contribution is 2.13. The van der Waals surface area contributed by atoms with E-state index in [2.05, 4.69) is 28.7 Å². The third kappa shape index (κ3) is 6.23. The Morgan fingerprint density at radius 3 is 2.19 bits per heavy atom. The number of nitriles is 1. The van der Waals surface area contributed by atoms with Crippen molar-refractivity contribution in [1.82, 2.24) is 0 Å². The Kier molecular flexibility index (Phi) is 5.81. The number of hydrogen-bond acceptors (Lipinski definition) is 2. The number of carbonyl (C=O) groups is 1. The second-order valence-corrected chi connectivity index (χ2v) is 3.67. The molecule has 1 N–H and O–H groups in total. The highest BCUT2D eigenvalue weighted by Gasteiger charge is 2.38. The maximum absolute atomic E-state index is 10.6. The minimum atomic E-state index is -5.08. The summed E-state index contributed by atoms with van der Waals surface area (Å²) >= 11 is 2.18. The van der Waals surface area contributed by atoms with Gasteiger partial charge in [0.05, 0.1) is 11.6 Å². The van der Waals surface area contributed by atoms with Gasteiger partial charge in [0, 0.05) is 3.57 Å². The number of benzene rings is 1. The first-order valence-corrected chi connectivity index (χ1v) is 4.81. The molecule has 1 aromatic rings. The molecule has 0 atom stereocenters. The van der Waals surface area contributed by atoms with E-state index in [4.69, 9.17) is 15.2 Å². The highest BCUT2D eigenvalue weighted by atomic mass is 127. The maximum atomic E-state index is 10.6. The molecular formula is C9H5F3INO2. The van der Waals surface area contributed by atoms with Crippen LogP contribution in [0.15, 0.2) is 24.3 Å². The summed E-state index contributed by atoms with van der Waals surface area (Å²) in [6.45, 7) is 0. The smallest absolute Gasteiger partial charge is 0.475 e. The zero-order chi connectivity index (χ0) is 12.8. The molecule has 86 valence electrons. The summed E-state index contributed by atoms with van der Waals surface area (Å²) in [5.74, 6) is -2.76. The minimum absolute atomic E-state index is 0.724. The lowest BCUT2D eigenvalue weighted by molar-refractivity contribution is -0.192. The van der Waals surface area contributed by atoms with E-state index in [0.717, 1.165) is 9.13 Å². The van der Waals surface area contributed by atoms with Crippen LogP contribution in [0.5, 0.6) is 0 Å². The summed E-state index contributed by atoms with van der Waals surface area (Å²) < 4.78 is 32.8. The van der Waals surface area contributed by atoms with Crippen molar-refractivity contribution in [2.75, 3.05) is 0 Å². The van der Waals surface area contributed by atoms with Gasteiger partial charge in [0.1, 0.15) is 0 Å². The van der Waals surface area contributed by atoms with E-state index in [1.54, 1.807) is 6.07 Å². The molecule has 1 aromatic carbocycles. The van der Waals surface area contributed by atoms with Gasteiger partial charge < -0.3 is 5.11 Å². The Morgan fingerprint density at radius 1 is 1.44 bits per heavy atom. The number of nitrogens with zero attached hydrogens (tertiary/aromatic N) is 1. The molecule has 0 bridgehead atoms. The zero-order valence-electron chi connectivity index (χ0n) is 7.62. The quantitative estimate of drug-likeness (QED) is 0.737. The predicted octanol–water partition coefficient (Wildman–Crippen LogP) is 2.80. The molecule has 0 radical (unpaired) electrons. The number of carboxylic acids is 1. The van der Waals surface area contributed by atoms with Gasteiger partial charge in [0.2, 0.25) is 0 Å². The number of carboxylic acid groups (broad SMARTS) is 1. The van der Waals surface area contributed by atoms with Crippen molar-refractivity contribution in [3.63, 3.8) is 0 Å². The SMILES string of the molecule is N#Cc1cccc(I)c1.O=C(O)C(F)(F)F. The highest BCUT2D eigenvalue weighted by molar-refractivity contribution is 14.1. The zero-order valence-corrected chi connectivity index (χ0v) is 9.78. The third-order valence-electron chi connectivity index (χ3n) is 1.20. The topological polar surface area (TPSA) is 61.1 Å². The van der Waals surface area contributed by atoms with Gasteiger partial charge in [-0.05, 0) is 40.8 Å². The van der Waals surface area contributed by atoms with Gasteiger partial charge in [-0.15, -0.1) is 0 Å². The fourth-order valence-corrected chi connectivity index (χ4v) is 1.10. The van der Waals surface area contributed by atoms with Gasteiger partial charge in [-0.2, -0.15) is 18.4 Å². The van der Waals surface area contributed by atoms with Crippen LogP contribution in [0.4, 0.5) is 13.2 Å². The van der Waals surface area contributed by atoms with Gasteiger partial charge >= 0.3 is 12.1 Å². The van der Waals surface area contributed by atoms with Crippen molar-refractivity contribution in [2.24, 2.45) is 0 Å². The molecule has 0 spiro atoms. The van der Waals surface area contributed by atoms with Crippen LogP contribution in [0.3, 0.4) is 0 Å². The predicted molar refractivity (Wildman–Crippen MR) is 57.6 cm³/mol. The van der Waals surface area contributed by atoms with Crippen molar-refractivity contribution in [1.29, 1.82) is 5.26 Å². The van der Waals surface area contributed by atoms with Crippen molar-refractivity contribution >= 4 is 28.6 Å². The Morgan fingerprint density at radius 2 is 1.94 bits per heavy atom. The normalized spacial score (nSPS) is 9.69. The summed E-state index contributed by atoms with van der Waals surface area (Å²) in [4.78, 5) is 8.90. The molecule has 0 aliphatic carbocycles. The van der Waals surface area contributed by atoms with Gasteiger partial charge in [0.25, 0.3) is 0 Å². The van der Waals surface area contributed by atoms with E-state index in [-0.39, 0.29) is 0 Å². The summed E-state index contributed by atoms with van der Waals surface area (Å²) in [5.41, 5.74) is 0.724. The number of alkyl halides is 3. The molecular weight excluding hydrogens is 338 g/mol. The lowest BCUT2D eigenvalue weighted by Crippen LogP contribution is -2.21. The molecule has 0 aliphatic rings. The summed E-state index contributed by atoms with van der Waals surface area (Å²) in [6, 6.07) is 9.54. The van der Waals surface area contributed by atoms with E-state index >= 15 is 0 Å². The van der Waals surface area contributed by atoms with E-state index in [0.29, 0.717) is 0 Å². The van der Waals surface area contributed by atoms with Crippen LogP contribution in [-0.2, 0) is 4.79 Å². The number of halogens is 4. The van der Waals surface area contributed by atoms with Crippen LogP contribution in [0.25, 0.3) is 0 Å². The number of hydrogen-bond donors (Lipinski definition) is 1. The largest absolute Gasteiger partial charge is 0.490 e. The number of rotatable bonds is 0. The molecule has 1 rings (SSSR count). The van der Waals surface area contributed by atoms with E-state index < -0.39 is 12.1 Å². The van der Waals surface area contributed by atoms with Crippen LogP contribution >= 0.6 is 22.6 Å². The second kappa shape index (κ2) is 6.32. The Balaban J connectivity index is 0.000000293. The van der Waals surface area contributed by atoms with Crippen molar-refractivity contribution in [3.8, 4) is 6.07 Å². The lowest BCUT2D eigenvalue weighted by atomic mass is 10.2. The molecule has 0 aromatic heterocycles. The van der Waals surface area contributed by atoms with Gasteiger partial charge in [0.15, 0.2) is 0 Å². The van der Waals surface area contributed by atoms with Crippen molar-refractivity contribution in [2.45, 2.75) is 6.18 Å². The Labute approximate surface area is 103 Å². The summed E-state index contributed by atoms with van der Waals surface area (Å²) in [6.07, 6.45) is -5.08. The molecule has 0 aliphatic heterocycles. The first-order valence-electron chi connectivity index (χ1n) is 3.73. The molecule has 0 saturated heterocycles. The van der Waals surface area contributed by atoms with Crippen LogP contribution in [0.2, 0.25) is 0 Å². The molecule has 0 saturated carbocycles. The molecule has 7 heteroatoms. The Hall–Kier alpha value is -1.30. The van der Waals surface area contributed by atoms with E-state index in [1.165, 1.54) is 0 Å². The number of aliphatic carboxylic acids is 1. The molecule has 0 heterocycles. The van der Waals surface area contributed by atoms with Gasteiger partial charge in [-0.25, -0.2) is 4.79 Å². The molecule has 0 amide bonds.